The van der Waals surface area contributed by atoms with Crippen molar-refractivity contribution in [2.24, 2.45) is 5.16 Å². The third-order valence-corrected chi connectivity index (χ3v) is 7.73. The molecule has 11 nitrogen and oxygen atoms in total. The summed E-state index contributed by atoms with van der Waals surface area (Å²) >= 11 is 3.89. The molecule has 15 heteroatoms. The number of amides is 2. The van der Waals surface area contributed by atoms with Gasteiger partial charge in [-0.3, -0.25) is 14.5 Å². The van der Waals surface area contributed by atoms with Gasteiger partial charge in [-0.1, -0.05) is 11.2 Å². The van der Waals surface area contributed by atoms with Crippen LogP contribution in [0.1, 0.15) is 16.3 Å². The number of β-lactam (4-membered cyclic amide) rings is 1. The summed E-state index contributed by atoms with van der Waals surface area (Å²) in [6.45, 7) is 1.85. The third-order valence-electron chi connectivity index (χ3n) is 4.86. The van der Waals surface area contributed by atoms with Crippen LogP contribution in [0.4, 0.5) is 5.13 Å². The largest absolute Gasteiger partial charge is 1.00 e. The van der Waals surface area contributed by atoms with Crippen LogP contribution in [0, 0.1) is 6.92 Å². The molecule has 34 heavy (non-hydrogen) atoms. The number of allylic oxidation sites excluding steroid dienone is 1. The Morgan fingerprint density at radius 2 is 2.15 bits per heavy atom. The number of anilines is 1. The first-order chi connectivity index (χ1) is 15.8. The van der Waals surface area contributed by atoms with Crippen LogP contribution in [0.3, 0.4) is 0 Å². The van der Waals surface area contributed by atoms with Gasteiger partial charge in [0.05, 0.1) is 22.9 Å². The number of thioether (sulfide) groups is 1. The van der Waals surface area contributed by atoms with Crippen LogP contribution in [0.2, 0.25) is 0 Å². The molecule has 0 aromatic carbocycles. The molecule has 2 amide bonds. The van der Waals surface area contributed by atoms with Gasteiger partial charge >= 0.3 is 29.6 Å². The summed E-state index contributed by atoms with van der Waals surface area (Å²) in [6.07, 6.45) is 3.42. The molecule has 2 atom stereocenters. The standard InChI is InChI=1S/C19H18N6O5S3.Na/c1-8-11(33-7-21-8)4-3-9-5-31-17-13(16(27)25(17)14(9)18(28)29)23-15(26)12(24-30-2)10-6-32-19(20)22-10;/h3-4,6-7,13,17H,5H2,1-2H3,(H2,20,22)(H,23,26)(H,28,29);/q;+1/p-1/t13?,17-;/m1./s1. The number of aromatic nitrogens is 2. The smallest absolute Gasteiger partial charge is 0.543 e. The number of thiazole rings is 2. The van der Waals surface area contributed by atoms with E-state index in [1.807, 2.05) is 6.92 Å². The molecule has 172 valence electrons. The van der Waals surface area contributed by atoms with Crippen molar-refractivity contribution in [1.82, 2.24) is 20.2 Å². The zero-order valence-electron chi connectivity index (χ0n) is 18.3. The maximum atomic E-state index is 12.8. The molecule has 2 aromatic rings. The number of hydrogen-bond donors (Lipinski definition) is 2. The number of nitrogens with zero attached hydrogens (tertiary/aromatic N) is 4. The number of rotatable bonds is 7. The second-order valence-electron chi connectivity index (χ2n) is 6.85. The van der Waals surface area contributed by atoms with Crippen molar-refractivity contribution in [1.29, 1.82) is 0 Å². The molecule has 0 saturated carbocycles. The Morgan fingerprint density at radius 3 is 2.74 bits per heavy atom. The van der Waals surface area contributed by atoms with E-state index < -0.39 is 29.2 Å². The van der Waals surface area contributed by atoms with Crippen LogP contribution >= 0.6 is 34.4 Å². The number of carboxylic acid groups (broad SMARTS) is 1. The summed E-state index contributed by atoms with van der Waals surface area (Å²) in [4.78, 5) is 52.4. The average molecular weight is 529 g/mol. The number of carbonyl (C=O) groups is 3. The second kappa shape index (κ2) is 11.0. The number of aliphatic carboxylic acids is 1. The van der Waals surface area contributed by atoms with Crippen molar-refractivity contribution in [3.63, 3.8) is 0 Å². The molecule has 2 aliphatic rings. The molecule has 4 heterocycles. The van der Waals surface area contributed by atoms with Gasteiger partial charge in [0.2, 0.25) is 0 Å². The van der Waals surface area contributed by atoms with Gasteiger partial charge in [0.1, 0.15) is 24.2 Å². The number of nitrogens with one attached hydrogen (secondary N) is 1. The Kier molecular flexibility index (Phi) is 8.54. The molecule has 0 radical (unpaired) electrons. The van der Waals surface area contributed by atoms with Gasteiger partial charge in [-0.15, -0.1) is 34.4 Å². The van der Waals surface area contributed by atoms with Gasteiger partial charge in [0.25, 0.3) is 11.8 Å². The molecule has 0 bridgehead atoms. The van der Waals surface area contributed by atoms with Gasteiger partial charge in [-0.2, -0.15) is 0 Å². The minimum absolute atomic E-state index is 0. The Balaban J connectivity index is 0.00000324. The predicted molar refractivity (Wildman–Crippen MR) is 123 cm³/mol. The average Bonchev–Trinajstić information content (AvgIpc) is 3.40. The predicted octanol–water partition coefficient (Wildman–Crippen LogP) is -3.04. The van der Waals surface area contributed by atoms with Crippen molar-refractivity contribution in [2.75, 3.05) is 18.6 Å². The number of nitrogen functional groups attached to an aromatic ring is 1. The minimum atomic E-state index is -1.46. The first-order valence-corrected chi connectivity index (χ1v) is 12.2. The van der Waals surface area contributed by atoms with Crippen LogP contribution < -0.4 is 45.7 Å². The first kappa shape index (κ1) is 26.4. The van der Waals surface area contributed by atoms with Crippen molar-refractivity contribution >= 4 is 69.1 Å². The minimum Gasteiger partial charge on any atom is -0.543 e. The molecule has 3 N–H and O–H groups in total. The summed E-state index contributed by atoms with van der Waals surface area (Å²) in [5.74, 6) is -2.39. The van der Waals surface area contributed by atoms with Gasteiger partial charge in [-0.25, -0.2) is 9.97 Å². The summed E-state index contributed by atoms with van der Waals surface area (Å²) in [7, 11) is 1.27. The monoisotopic (exact) mass is 528 g/mol. The van der Waals surface area contributed by atoms with Crippen LogP contribution in [-0.2, 0) is 19.2 Å². The molecular weight excluding hydrogens is 511 g/mol. The molecule has 2 aromatic heterocycles. The molecule has 0 spiro atoms. The fraction of sp³-hybridized carbons (Fsp3) is 0.263. The number of oxime groups is 1. The SMILES string of the molecule is CON=C(C(=O)NC1C(=O)N2C(C(=O)[O-])=C(C=Cc3scnc3C)CS[C@H]12)c1csc(N)n1.[Na+]. The quantitative estimate of drug-likeness (QED) is 0.165. The van der Waals surface area contributed by atoms with Gasteiger partial charge in [0, 0.05) is 16.0 Å². The summed E-state index contributed by atoms with van der Waals surface area (Å²) in [5, 5.41) is 19.4. The fourth-order valence-electron chi connectivity index (χ4n) is 3.31. The maximum Gasteiger partial charge on any atom is 1.00 e. The zero-order valence-corrected chi connectivity index (χ0v) is 22.8. The Morgan fingerprint density at radius 1 is 1.38 bits per heavy atom. The maximum absolute atomic E-state index is 12.8. The molecule has 1 saturated heterocycles. The third kappa shape index (κ3) is 5.06. The Hall–Kier alpha value is -2.23. The van der Waals surface area contributed by atoms with Gasteiger partial charge in [-0.05, 0) is 18.6 Å². The van der Waals surface area contributed by atoms with E-state index in [4.69, 9.17) is 10.6 Å². The summed E-state index contributed by atoms with van der Waals surface area (Å²) < 4.78 is 0. The van der Waals surface area contributed by atoms with Gasteiger partial charge in [0.15, 0.2) is 10.8 Å². The van der Waals surface area contributed by atoms with Crippen LogP contribution in [-0.4, -0.2) is 62.6 Å². The van der Waals surface area contributed by atoms with Crippen LogP contribution in [0.5, 0.6) is 0 Å². The molecule has 2 aliphatic heterocycles. The summed E-state index contributed by atoms with van der Waals surface area (Å²) in [6, 6.07) is -0.941. The van der Waals surface area contributed by atoms with Crippen molar-refractivity contribution < 1.29 is 53.9 Å². The van der Waals surface area contributed by atoms with E-state index in [1.54, 1.807) is 17.7 Å². The summed E-state index contributed by atoms with van der Waals surface area (Å²) in [5.41, 5.74) is 8.45. The van der Waals surface area contributed by atoms with Crippen molar-refractivity contribution in [3.05, 3.63) is 44.5 Å². The van der Waals surface area contributed by atoms with E-state index in [1.165, 1.54) is 35.6 Å². The number of aryl methyl sites for hydroxylation is 1. The zero-order chi connectivity index (χ0) is 23.7. The topological polar surface area (TPSA) is 163 Å². The van der Waals surface area contributed by atoms with Gasteiger partial charge < -0.3 is 25.8 Å². The number of carboxylic acids is 1. The molecule has 0 aliphatic carbocycles. The number of nitrogens with two attached hydrogens (primary N) is 1. The fourth-order valence-corrected chi connectivity index (χ4v) is 5.87. The number of hydrogen-bond acceptors (Lipinski definition) is 12. The van der Waals surface area contributed by atoms with Crippen LogP contribution in [0.25, 0.3) is 6.08 Å². The number of carbonyl (C=O) groups excluding carboxylic acids is 3. The molecule has 4 rings (SSSR count). The van der Waals surface area contributed by atoms with E-state index >= 15 is 0 Å². The van der Waals surface area contributed by atoms with Crippen LogP contribution in [0.15, 0.2) is 33.4 Å². The Bertz CT molecular complexity index is 1220. The van der Waals surface area contributed by atoms with Crippen molar-refractivity contribution in [2.45, 2.75) is 18.3 Å². The van der Waals surface area contributed by atoms with E-state index in [0.29, 0.717) is 11.3 Å². The Labute approximate surface area is 228 Å². The second-order valence-corrected chi connectivity index (χ2v) is 9.73. The van der Waals surface area contributed by atoms with E-state index in [0.717, 1.165) is 26.8 Å². The van der Waals surface area contributed by atoms with E-state index in [-0.39, 0.29) is 51.8 Å². The molecule has 1 fully saturated rings. The number of fused-ring (bicyclic) bond motifs is 1. The van der Waals surface area contributed by atoms with Crippen molar-refractivity contribution in [3.8, 4) is 0 Å². The normalized spacial score (nSPS) is 20.0. The van der Waals surface area contributed by atoms with E-state index in [2.05, 4.69) is 20.4 Å². The molecule has 1 unspecified atom stereocenters. The molecular formula is C19H17N6NaO5S3. The first-order valence-electron chi connectivity index (χ1n) is 9.42. The van der Waals surface area contributed by atoms with E-state index in [9.17, 15) is 19.5 Å².